The van der Waals surface area contributed by atoms with E-state index in [4.69, 9.17) is 21.4 Å². The number of aromatic amines is 1. The molecule has 1 amide bonds. The SMILES string of the molecule is COC(=O)c1ccccc1CBr.COC(=O)c1ccccc1CSc1cccc2cccnc12.Cl.O=C(Cl)c1ccccc1CSc1cccc2cccnc12.O=C(Nc1n[nH]c(C(=O)O)c1Br)c1ccccc1CSc1cccc2cccnc12.Sc1cccc2cccnc12. The second-order valence-corrected chi connectivity index (χ2v) is 25.5. The normalized spacial score (nSPS) is 10.4. The van der Waals surface area contributed by atoms with Crippen molar-refractivity contribution in [3.8, 4) is 0 Å². The molecule has 97 heavy (non-hydrogen) atoms. The summed E-state index contributed by atoms with van der Waals surface area (Å²) in [5, 5.41) is 22.7. The summed E-state index contributed by atoms with van der Waals surface area (Å²) in [7, 11) is 2.79. The van der Waals surface area contributed by atoms with Crippen LogP contribution in [0.1, 0.15) is 74.2 Å². The average Bonchev–Trinajstić information content (AvgIpc) is 1.63. The molecule has 0 atom stereocenters. The molecule has 0 unspecified atom stereocenters. The first kappa shape index (κ1) is 73.9. The summed E-state index contributed by atoms with van der Waals surface area (Å²) < 4.78 is 9.65. The zero-order valence-electron chi connectivity index (χ0n) is 51.7. The van der Waals surface area contributed by atoms with E-state index >= 15 is 0 Å². The highest BCUT2D eigenvalue weighted by Gasteiger charge is 2.21. The van der Waals surface area contributed by atoms with Crippen LogP contribution in [0, 0.1) is 0 Å². The van der Waals surface area contributed by atoms with E-state index in [1.54, 1.807) is 90.4 Å². The Bertz CT molecular complexity index is 4880. The van der Waals surface area contributed by atoms with Gasteiger partial charge >= 0.3 is 17.9 Å². The van der Waals surface area contributed by atoms with Gasteiger partial charge in [0.05, 0.1) is 51.9 Å². The summed E-state index contributed by atoms with van der Waals surface area (Å²) in [6, 6.07) is 69.6. The number of rotatable bonds is 16. The van der Waals surface area contributed by atoms with E-state index in [2.05, 4.69) is 103 Å². The molecular formula is C74H59Br2Cl2N7O8S4. The van der Waals surface area contributed by atoms with Crippen LogP contribution in [-0.4, -0.2) is 78.5 Å². The fraction of sp³-hybridized carbons (Fsp3) is 0.0811. The molecule has 5 aromatic heterocycles. The first-order valence-electron chi connectivity index (χ1n) is 29.2. The first-order chi connectivity index (χ1) is 46.8. The molecule has 15 nitrogen and oxygen atoms in total. The van der Waals surface area contributed by atoms with Crippen molar-refractivity contribution < 1.29 is 38.6 Å². The third-order valence-electron chi connectivity index (χ3n) is 14.2. The number of hydrogen-bond acceptors (Lipinski definition) is 16. The Morgan fingerprint density at radius 3 is 1.24 bits per heavy atom. The Balaban J connectivity index is 0.000000161. The maximum absolute atomic E-state index is 12.8. The number of nitrogens with one attached hydrogen (secondary N) is 2. The number of carboxylic acid groups (broad SMARTS) is 1. The van der Waals surface area contributed by atoms with Crippen molar-refractivity contribution in [3.63, 3.8) is 0 Å². The Labute approximate surface area is 605 Å². The van der Waals surface area contributed by atoms with Gasteiger partial charge in [0, 0.05) is 99.6 Å². The minimum atomic E-state index is -1.17. The summed E-state index contributed by atoms with van der Waals surface area (Å²) >= 11 is 21.3. The number of alkyl halides is 1. The highest BCUT2D eigenvalue weighted by molar-refractivity contribution is 9.10. The number of thioether (sulfide) groups is 3. The van der Waals surface area contributed by atoms with Crippen molar-refractivity contribution >= 4 is 182 Å². The third kappa shape index (κ3) is 20.1. The number of pyridine rings is 4. The van der Waals surface area contributed by atoms with Crippen molar-refractivity contribution in [1.82, 2.24) is 30.1 Å². The van der Waals surface area contributed by atoms with Crippen molar-refractivity contribution in [2.24, 2.45) is 0 Å². The van der Waals surface area contributed by atoms with Crippen LogP contribution in [-0.2, 0) is 32.1 Å². The Kier molecular flexibility index (Phi) is 28.6. The number of amides is 1. The number of carboxylic acids is 1. The van der Waals surface area contributed by atoms with Gasteiger partial charge in [-0.3, -0.25) is 34.6 Å². The number of hydrogen-bond donors (Lipinski definition) is 4. The number of fused-ring (bicyclic) bond motifs is 4. The van der Waals surface area contributed by atoms with Gasteiger partial charge in [0.15, 0.2) is 11.5 Å². The minimum Gasteiger partial charge on any atom is -0.476 e. The van der Waals surface area contributed by atoms with Gasteiger partial charge in [0.2, 0.25) is 0 Å². The first-order valence-corrected chi connectivity index (χ1v) is 34.9. The molecule has 0 saturated carbocycles. The number of carbonyl (C=O) groups excluding carboxylic acids is 4. The van der Waals surface area contributed by atoms with Crippen LogP contribution in [0.25, 0.3) is 43.6 Å². The summed E-state index contributed by atoms with van der Waals surface area (Å²) in [6.45, 7) is 0. The molecule has 0 aliphatic carbocycles. The van der Waals surface area contributed by atoms with Crippen LogP contribution in [0.15, 0.2) is 267 Å². The van der Waals surface area contributed by atoms with E-state index in [0.717, 1.165) is 85.4 Å². The molecule has 0 saturated heterocycles. The smallest absolute Gasteiger partial charge is 0.355 e. The molecule has 13 rings (SSSR count). The molecule has 0 bridgehead atoms. The Morgan fingerprint density at radius 2 is 0.835 bits per heavy atom. The van der Waals surface area contributed by atoms with Gasteiger partial charge in [-0.15, -0.1) is 60.3 Å². The molecule has 0 fully saturated rings. The van der Waals surface area contributed by atoms with Crippen LogP contribution in [0.3, 0.4) is 0 Å². The molecule has 23 heteroatoms. The van der Waals surface area contributed by atoms with E-state index in [1.807, 2.05) is 170 Å². The lowest BCUT2D eigenvalue weighted by Gasteiger charge is -2.10. The van der Waals surface area contributed by atoms with Gasteiger partial charge in [-0.05, 0) is 123 Å². The molecule has 0 aliphatic heterocycles. The van der Waals surface area contributed by atoms with E-state index in [1.165, 1.54) is 14.2 Å². The van der Waals surface area contributed by atoms with Gasteiger partial charge in [-0.2, -0.15) is 5.10 Å². The molecule has 8 aromatic carbocycles. The van der Waals surface area contributed by atoms with Crippen LogP contribution in [0.5, 0.6) is 0 Å². The predicted molar refractivity (Wildman–Crippen MR) is 403 cm³/mol. The van der Waals surface area contributed by atoms with Crippen molar-refractivity contribution in [1.29, 1.82) is 0 Å². The number of nitrogens with zero attached hydrogens (tertiary/aromatic N) is 5. The molecule has 0 spiro atoms. The number of anilines is 1. The minimum absolute atomic E-state index is 0. The largest absolute Gasteiger partial charge is 0.476 e. The maximum atomic E-state index is 12.8. The molecule has 0 aliphatic rings. The fourth-order valence-electron chi connectivity index (χ4n) is 9.47. The number of carbonyl (C=O) groups is 5. The van der Waals surface area contributed by atoms with Crippen LogP contribution in [0.2, 0.25) is 0 Å². The summed E-state index contributed by atoms with van der Waals surface area (Å²) in [6.07, 6.45) is 7.14. The lowest BCUT2D eigenvalue weighted by atomic mass is 10.1. The summed E-state index contributed by atoms with van der Waals surface area (Å²) in [4.78, 5) is 80.1. The Hall–Kier alpha value is -8.90. The Morgan fingerprint density at radius 1 is 0.485 bits per heavy atom. The van der Waals surface area contributed by atoms with Gasteiger partial charge < -0.3 is 19.9 Å². The van der Waals surface area contributed by atoms with Crippen LogP contribution >= 0.6 is 104 Å². The average molecular weight is 1530 g/mol. The number of aromatic carboxylic acids is 1. The fourth-order valence-corrected chi connectivity index (χ4v) is 14.0. The van der Waals surface area contributed by atoms with Crippen molar-refractivity contribution in [3.05, 3.63) is 298 Å². The lowest BCUT2D eigenvalue weighted by Crippen LogP contribution is -2.14. The lowest BCUT2D eigenvalue weighted by molar-refractivity contribution is 0.0591. The zero-order valence-corrected chi connectivity index (χ0v) is 59.8. The number of halogens is 4. The van der Waals surface area contributed by atoms with Crippen molar-refractivity contribution in [2.45, 2.75) is 42.2 Å². The number of thiol groups is 1. The van der Waals surface area contributed by atoms with E-state index in [0.29, 0.717) is 44.8 Å². The standard InChI is InChI=1S/C21H15BrN4O3S.C18H15NO2S.C17H12ClNOS.C9H9BrO2.C9H7NS.ClH/c22-16-18(21(28)29)25-26-19(16)24-20(27)14-8-2-1-5-13(14)11-30-15-9-3-6-12-7-4-10-23-17(12)15;1-21-18(20)15-9-3-2-6-14(15)12-22-16-10-4-7-13-8-5-11-19-17(13)16;18-17(20)14-8-2-1-5-13(14)11-21-15-9-3-6-12-7-4-10-19-16(12)15;1-12-9(11)8-5-3-2-4-7(8)6-10;11-8-5-1-3-7-4-2-6-10-9(7)8;/h1-10H,11H2,(H,28,29)(H2,24,25,26,27);2-11H,12H2,1H3;1-10H,11H2;2-5H,6H2,1H3;1-6,11H;1H. The number of methoxy groups -OCH3 is 2. The number of benzene rings is 8. The predicted octanol–water partition coefficient (Wildman–Crippen LogP) is 19.5. The summed E-state index contributed by atoms with van der Waals surface area (Å²) in [5.74, 6) is -0.0516. The summed E-state index contributed by atoms with van der Waals surface area (Å²) in [5.41, 5.74) is 9.74. The molecule has 5 heterocycles. The molecule has 13 aromatic rings. The topological polar surface area (TPSA) is 216 Å². The number of ether oxygens (including phenoxy) is 2. The monoisotopic (exact) mass is 1530 g/mol. The molecule has 3 N–H and O–H groups in total. The highest BCUT2D eigenvalue weighted by atomic mass is 79.9. The number of H-pyrrole nitrogens is 1. The van der Waals surface area contributed by atoms with Gasteiger partial charge in [-0.25, -0.2) is 14.4 Å². The molecular weight excluding hydrogens is 1470 g/mol. The van der Waals surface area contributed by atoms with E-state index in [9.17, 15) is 24.0 Å². The van der Waals surface area contributed by atoms with Gasteiger partial charge in [0.1, 0.15) is 0 Å². The van der Waals surface area contributed by atoms with Crippen molar-refractivity contribution in [2.75, 3.05) is 19.5 Å². The second-order valence-electron chi connectivity index (χ2n) is 20.3. The highest BCUT2D eigenvalue weighted by Crippen LogP contribution is 2.34. The zero-order chi connectivity index (χ0) is 67.8. The number of aromatic nitrogens is 6. The third-order valence-corrected chi connectivity index (χ3v) is 19.4. The van der Waals surface area contributed by atoms with E-state index < -0.39 is 11.2 Å². The second kappa shape index (κ2) is 37.6. The van der Waals surface area contributed by atoms with Gasteiger partial charge in [-0.1, -0.05) is 162 Å². The molecule has 490 valence electrons. The molecule has 0 radical (unpaired) electrons. The van der Waals surface area contributed by atoms with Crippen LogP contribution in [0.4, 0.5) is 5.82 Å². The number of para-hydroxylation sites is 4. The van der Waals surface area contributed by atoms with Gasteiger partial charge in [0.25, 0.3) is 11.1 Å². The van der Waals surface area contributed by atoms with E-state index in [-0.39, 0.29) is 46.2 Å². The quantitative estimate of drug-likeness (QED) is 0.0233. The maximum Gasteiger partial charge on any atom is 0.355 e. The van der Waals surface area contributed by atoms with Crippen LogP contribution < -0.4 is 5.32 Å². The number of esters is 2.